The van der Waals surface area contributed by atoms with Gasteiger partial charge in [-0.15, -0.1) is 0 Å². The maximum atomic E-state index is 12.6. The second-order valence-corrected chi connectivity index (χ2v) is 8.79. The van der Waals surface area contributed by atoms with Crippen LogP contribution in [0.5, 0.6) is 0 Å². The van der Waals surface area contributed by atoms with Gasteiger partial charge in [0.25, 0.3) is 5.91 Å². The summed E-state index contributed by atoms with van der Waals surface area (Å²) in [6.07, 6.45) is 4.58. The number of sulfonamides is 1. The van der Waals surface area contributed by atoms with Crippen molar-refractivity contribution >= 4 is 15.9 Å². The van der Waals surface area contributed by atoms with E-state index < -0.39 is 10.0 Å². The van der Waals surface area contributed by atoms with Crippen LogP contribution in [-0.2, 0) is 14.8 Å². The predicted octanol–water partition coefficient (Wildman–Crippen LogP) is -0.476. The molecular weight excluding hydrogens is 342 g/mol. The molecule has 2 aliphatic heterocycles. The molecule has 1 amide bonds. The summed E-state index contributed by atoms with van der Waals surface area (Å²) in [5.41, 5.74) is 0.106. The monoisotopic (exact) mass is 369 g/mol. The quantitative estimate of drug-likeness (QED) is 0.491. The standard InChI is InChI=1S/C16H27N5O3S/c1-18-6-4-15(5-7-18)19(2)16(22)14(12-17)13-20-8-10-21(11-9-20)25(3,23)24/h13,15H,4-11H2,1-3H3/b14-13-. The molecule has 0 radical (unpaired) electrons. The van der Waals surface area contributed by atoms with Crippen LogP contribution >= 0.6 is 0 Å². The van der Waals surface area contributed by atoms with Crippen molar-refractivity contribution in [3.8, 4) is 6.07 Å². The number of rotatable bonds is 4. The van der Waals surface area contributed by atoms with Gasteiger partial charge in [-0.1, -0.05) is 0 Å². The molecule has 0 N–H and O–H groups in total. The molecule has 2 heterocycles. The fourth-order valence-corrected chi connectivity index (χ4v) is 4.04. The molecule has 0 spiro atoms. The Kier molecular flexibility index (Phi) is 6.43. The van der Waals surface area contributed by atoms with Crippen molar-refractivity contribution in [3.05, 3.63) is 11.8 Å². The van der Waals surface area contributed by atoms with Crippen LogP contribution in [0.3, 0.4) is 0 Å². The largest absolute Gasteiger partial charge is 0.373 e. The molecule has 2 rings (SSSR count). The molecule has 2 fully saturated rings. The molecule has 0 unspecified atom stereocenters. The van der Waals surface area contributed by atoms with E-state index in [0.717, 1.165) is 25.9 Å². The van der Waals surface area contributed by atoms with Crippen LogP contribution in [0.2, 0.25) is 0 Å². The van der Waals surface area contributed by atoms with Crippen molar-refractivity contribution in [2.45, 2.75) is 18.9 Å². The van der Waals surface area contributed by atoms with E-state index in [1.807, 2.05) is 11.0 Å². The fraction of sp³-hybridized carbons (Fsp3) is 0.750. The lowest BCUT2D eigenvalue weighted by Crippen LogP contribution is -2.47. The number of carbonyl (C=O) groups excluding carboxylic acids is 1. The van der Waals surface area contributed by atoms with E-state index in [4.69, 9.17) is 0 Å². The van der Waals surface area contributed by atoms with Crippen molar-refractivity contribution in [1.29, 1.82) is 5.26 Å². The zero-order chi connectivity index (χ0) is 18.6. The van der Waals surface area contributed by atoms with Crippen LogP contribution in [0.4, 0.5) is 0 Å². The summed E-state index contributed by atoms with van der Waals surface area (Å²) in [7, 11) is 0.629. The number of nitriles is 1. The third-order valence-electron chi connectivity index (χ3n) is 4.96. The number of nitrogens with zero attached hydrogens (tertiary/aromatic N) is 5. The van der Waals surface area contributed by atoms with Gasteiger partial charge in [-0.25, -0.2) is 8.42 Å². The van der Waals surface area contributed by atoms with Crippen LogP contribution in [0, 0.1) is 11.3 Å². The first-order chi connectivity index (χ1) is 11.7. The number of hydrogen-bond donors (Lipinski definition) is 0. The average molecular weight is 369 g/mol. The van der Waals surface area contributed by atoms with E-state index in [1.54, 1.807) is 18.1 Å². The first kappa shape index (κ1) is 19.7. The van der Waals surface area contributed by atoms with Gasteiger partial charge in [-0.3, -0.25) is 4.79 Å². The lowest BCUT2D eigenvalue weighted by Gasteiger charge is -2.35. The second-order valence-electron chi connectivity index (χ2n) is 6.80. The van der Waals surface area contributed by atoms with Crippen molar-refractivity contribution in [1.82, 2.24) is 19.0 Å². The number of likely N-dealkylation sites (tertiary alicyclic amines) is 1. The first-order valence-corrected chi connectivity index (χ1v) is 10.3. The summed E-state index contributed by atoms with van der Waals surface area (Å²) in [6.45, 7) is 3.58. The fourth-order valence-electron chi connectivity index (χ4n) is 3.22. The van der Waals surface area contributed by atoms with E-state index >= 15 is 0 Å². The van der Waals surface area contributed by atoms with E-state index in [1.165, 1.54) is 10.6 Å². The first-order valence-electron chi connectivity index (χ1n) is 8.49. The van der Waals surface area contributed by atoms with Gasteiger partial charge >= 0.3 is 0 Å². The molecule has 8 nitrogen and oxygen atoms in total. The Hall–Kier alpha value is -1.63. The number of piperazine rings is 1. The zero-order valence-electron chi connectivity index (χ0n) is 15.2. The minimum Gasteiger partial charge on any atom is -0.373 e. The number of piperidine rings is 1. The summed E-state index contributed by atoms with van der Waals surface area (Å²) in [5, 5.41) is 9.39. The molecule has 2 saturated heterocycles. The predicted molar refractivity (Wildman–Crippen MR) is 95.0 cm³/mol. The number of hydrogen-bond acceptors (Lipinski definition) is 6. The number of carbonyl (C=O) groups is 1. The third kappa shape index (κ3) is 5.17. The summed E-state index contributed by atoms with van der Waals surface area (Å²) in [5.74, 6) is -0.261. The Morgan fingerprint density at radius 3 is 2.20 bits per heavy atom. The molecule has 9 heteroatoms. The molecule has 0 aromatic heterocycles. The smallest absolute Gasteiger partial charge is 0.265 e. The van der Waals surface area contributed by atoms with Crippen LogP contribution in [-0.4, -0.2) is 99.0 Å². The van der Waals surface area contributed by atoms with Gasteiger partial charge in [0.1, 0.15) is 11.6 Å². The molecule has 0 saturated carbocycles. The summed E-state index contributed by atoms with van der Waals surface area (Å²) in [4.78, 5) is 18.4. The van der Waals surface area contributed by atoms with Crippen molar-refractivity contribution in [2.75, 3.05) is 59.6 Å². The molecule has 140 valence electrons. The molecular formula is C16H27N5O3S. The lowest BCUT2D eigenvalue weighted by molar-refractivity contribution is -0.128. The van der Waals surface area contributed by atoms with Crippen LogP contribution in [0.25, 0.3) is 0 Å². The van der Waals surface area contributed by atoms with Gasteiger partial charge in [0.05, 0.1) is 6.26 Å². The van der Waals surface area contributed by atoms with Gasteiger partial charge in [-0.05, 0) is 33.0 Å². The average Bonchev–Trinajstić information content (AvgIpc) is 2.58. The highest BCUT2D eigenvalue weighted by atomic mass is 32.2. The van der Waals surface area contributed by atoms with Crippen LogP contribution in [0.1, 0.15) is 12.8 Å². The highest BCUT2D eigenvalue weighted by molar-refractivity contribution is 7.88. The molecule has 0 bridgehead atoms. The molecule has 2 aliphatic rings. The maximum Gasteiger partial charge on any atom is 0.265 e. The van der Waals surface area contributed by atoms with Crippen molar-refractivity contribution in [3.63, 3.8) is 0 Å². The van der Waals surface area contributed by atoms with Crippen LogP contribution < -0.4 is 0 Å². The number of likely N-dealkylation sites (N-methyl/N-ethyl adjacent to an activating group) is 1. The van der Waals surface area contributed by atoms with Gasteiger partial charge < -0.3 is 14.7 Å². The van der Waals surface area contributed by atoms with Gasteiger partial charge in [0, 0.05) is 45.5 Å². The summed E-state index contributed by atoms with van der Waals surface area (Å²) < 4.78 is 24.5. The molecule has 0 aromatic carbocycles. The number of amides is 1. The zero-order valence-corrected chi connectivity index (χ0v) is 16.0. The third-order valence-corrected chi connectivity index (χ3v) is 6.26. The van der Waals surface area contributed by atoms with E-state index in [0.29, 0.717) is 26.2 Å². The van der Waals surface area contributed by atoms with Gasteiger partial charge in [0.2, 0.25) is 10.0 Å². The Morgan fingerprint density at radius 2 is 1.72 bits per heavy atom. The van der Waals surface area contributed by atoms with Gasteiger partial charge in [0.15, 0.2) is 0 Å². The molecule has 0 atom stereocenters. The summed E-state index contributed by atoms with van der Waals surface area (Å²) in [6, 6.07) is 2.16. The molecule has 0 aromatic rings. The Balaban J connectivity index is 1.98. The second kappa shape index (κ2) is 8.17. The Morgan fingerprint density at radius 1 is 1.16 bits per heavy atom. The minimum absolute atomic E-state index is 0.106. The van der Waals surface area contributed by atoms with E-state index in [2.05, 4.69) is 11.9 Å². The lowest BCUT2D eigenvalue weighted by atomic mass is 10.0. The summed E-state index contributed by atoms with van der Waals surface area (Å²) >= 11 is 0. The normalized spacial score (nSPS) is 21.8. The Bertz CT molecular complexity index is 654. The topological polar surface area (TPSA) is 88.0 Å². The van der Waals surface area contributed by atoms with Crippen LogP contribution in [0.15, 0.2) is 11.8 Å². The van der Waals surface area contributed by atoms with E-state index in [9.17, 15) is 18.5 Å². The molecule has 25 heavy (non-hydrogen) atoms. The van der Waals surface area contributed by atoms with Crippen molar-refractivity contribution in [2.24, 2.45) is 0 Å². The maximum absolute atomic E-state index is 12.6. The minimum atomic E-state index is -3.19. The van der Waals surface area contributed by atoms with E-state index in [-0.39, 0.29) is 17.5 Å². The highest BCUT2D eigenvalue weighted by Gasteiger charge is 2.27. The van der Waals surface area contributed by atoms with Gasteiger partial charge in [-0.2, -0.15) is 9.57 Å². The molecule has 0 aliphatic carbocycles. The Labute approximate surface area is 150 Å². The SMILES string of the molecule is CN1CCC(N(C)C(=O)/C(C#N)=C\N2CCN(S(C)(=O)=O)CC2)CC1. The van der Waals surface area contributed by atoms with Crippen molar-refractivity contribution < 1.29 is 13.2 Å². The highest BCUT2D eigenvalue weighted by Crippen LogP contribution is 2.17.